The summed E-state index contributed by atoms with van der Waals surface area (Å²) in [5, 5.41) is 3.56. The van der Waals surface area contributed by atoms with Crippen LogP contribution in [-0.4, -0.2) is 13.1 Å². The highest BCUT2D eigenvalue weighted by Gasteiger charge is 2.66. The molecule has 0 aromatic heterocycles. The first-order valence-corrected chi connectivity index (χ1v) is 6.54. The summed E-state index contributed by atoms with van der Waals surface area (Å²) in [4.78, 5) is 0. The summed E-state index contributed by atoms with van der Waals surface area (Å²) in [7, 11) is 2.16. The Bertz CT molecular complexity index is 209. The molecule has 0 amide bonds. The molecule has 3 rings (SSSR count). The van der Waals surface area contributed by atoms with Gasteiger partial charge in [-0.25, -0.2) is 0 Å². The highest BCUT2D eigenvalue weighted by Crippen LogP contribution is 2.70. The Kier molecular flexibility index (Phi) is 2.12. The summed E-state index contributed by atoms with van der Waals surface area (Å²) < 4.78 is 0. The first-order chi connectivity index (χ1) is 6.86. The number of hydrogen-bond acceptors (Lipinski definition) is 1. The van der Waals surface area contributed by atoms with Crippen LogP contribution < -0.4 is 5.32 Å². The van der Waals surface area contributed by atoms with Gasteiger partial charge in [-0.2, -0.15) is 0 Å². The lowest BCUT2D eigenvalue weighted by Crippen LogP contribution is -2.29. The molecule has 3 saturated carbocycles. The molecule has 5 unspecified atom stereocenters. The van der Waals surface area contributed by atoms with Crippen molar-refractivity contribution in [2.45, 2.75) is 45.1 Å². The molecule has 80 valence electrons. The van der Waals surface area contributed by atoms with Crippen molar-refractivity contribution in [3.8, 4) is 0 Å². The Labute approximate surface area is 87.7 Å². The van der Waals surface area contributed by atoms with Crippen LogP contribution in [0.15, 0.2) is 0 Å². The largest absolute Gasteiger partial charge is 0.317 e. The van der Waals surface area contributed by atoms with E-state index in [0.29, 0.717) is 0 Å². The van der Waals surface area contributed by atoms with Crippen LogP contribution in [0.3, 0.4) is 0 Å². The summed E-state index contributed by atoms with van der Waals surface area (Å²) >= 11 is 0. The fraction of sp³-hybridized carbons (Fsp3) is 1.00. The van der Waals surface area contributed by atoms with Crippen LogP contribution in [0.2, 0.25) is 0 Å². The van der Waals surface area contributed by atoms with Gasteiger partial charge in [0.1, 0.15) is 0 Å². The number of rotatable bonds is 4. The minimum Gasteiger partial charge on any atom is -0.317 e. The Hall–Kier alpha value is -0.0400. The van der Waals surface area contributed by atoms with Gasteiger partial charge in [0.15, 0.2) is 0 Å². The van der Waals surface area contributed by atoms with Gasteiger partial charge in [0.05, 0.1) is 0 Å². The molecule has 2 bridgehead atoms. The predicted octanol–water partition coefficient (Wildman–Crippen LogP) is 2.67. The van der Waals surface area contributed by atoms with Gasteiger partial charge in [0, 0.05) is 6.04 Å². The molecule has 14 heavy (non-hydrogen) atoms. The standard InChI is InChI=1S/C13H23N/c1-3-4-10(14-2)13-11-8-5-6-9(7-8)12(11)13/h8-14H,3-7H2,1-2H3. The third-order valence-corrected chi connectivity index (χ3v) is 5.23. The second-order valence-corrected chi connectivity index (χ2v) is 5.75. The van der Waals surface area contributed by atoms with Crippen molar-refractivity contribution in [2.24, 2.45) is 29.6 Å². The molecule has 0 aliphatic heterocycles. The Balaban J connectivity index is 1.66. The normalized spacial score (nSPS) is 50.6. The zero-order valence-corrected chi connectivity index (χ0v) is 9.50. The van der Waals surface area contributed by atoms with Crippen LogP contribution in [0.1, 0.15) is 39.0 Å². The fourth-order valence-electron chi connectivity index (χ4n) is 4.77. The van der Waals surface area contributed by atoms with E-state index in [0.717, 1.165) is 35.6 Å². The third-order valence-electron chi connectivity index (χ3n) is 5.23. The van der Waals surface area contributed by atoms with Crippen molar-refractivity contribution in [3.63, 3.8) is 0 Å². The highest BCUT2D eigenvalue weighted by molar-refractivity contribution is 5.15. The maximum Gasteiger partial charge on any atom is 0.00979 e. The molecule has 1 N–H and O–H groups in total. The van der Waals surface area contributed by atoms with Crippen LogP contribution in [0.25, 0.3) is 0 Å². The summed E-state index contributed by atoms with van der Waals surface area (Å²) in [5.41, 5.74) is 0. The maximum absolute atomic E-state index is 3.56. The molecule has 0 spiro atoms. The minimum atomic E-state index is 0.846. The van der Waals surface area contributed by atoms with Crippen molar-refractivity contribution < 1.29 is 0 Å². The molecule has 3 fully saturated rings. The predicted molar refractivity (Wildman–Crippen MR) is 59.1 cm³/mol. The molecule has 0 heterocycles. The van der Waals surface area contributed by atoms with E-state index in [-0.39, 0.29) is 0 Å². The average molecular weight is 193 g/mol. The van der Waals surface area contributed by atoms with E-state index in [1.807, 2.05) is 0 Å². The van der Waals surface area contributed by atoms with Gasteiger partial charge in [0.25, 0.3) is 0 Å². The first kappa shape index (κ1) is 9.21. The van der Waals surface area contributed by atoms with Crippen molar-refractivity contribution in [2.75, 3.05) is 7.05 Å². The van der Waals surface area contributed by atoms with Crippen molar-refractivity contribution in [1.29, 1.82) is 0 Å². The van der Waals surface area contributed by atoms with E-state index in [9.17, 15) is 0 Å². The van der Waals surface area contributed by atoms with E-state index in [4.69, 9.17) is 0 Å². The number of fused-ring (bicyclic) bond motifs is 5. The molecular formula is C13H23N. The summed E-state index contributed by atoms with van der Waals surface area (Å²) in [6.07, 6.45) is 7.45. The molecule has 1 nitrogen and oxygen atoms in total. The first-order valence-electron chi connectivity index (χ1n) is 6.54. The lowest BCUT2D eigenvalue weighted by Gasteiger charge is -2.19. The van der Waals surface area contributed by atoms with Crippen LogP contribution in [-0.2, 0) is 0 Å². The molecule has 5 atom stereocenters. The maximum atomic E-state index is 3.56. The number of nitrogens with one attached hydrogen (secondary N) is 1. The quantitative estimate of drug-likeness (QED) is 0.724. The molecule has 3 aliphatic carbocycles. The monoisotopic (exact) mass is 193 g/mol. The Morgan fingerprint density at radius 1 is 1.21 bits per heavy atom. The van der Waals surface area contributed by atoms with Crippen molar-refractivity contribution in [3.05, 3.63) is 0 Å². The Morgan fingerprint density at radius 2 is 1.86 bits per heavy atom. The van der Waals surface area contributed by atoms with Crippen LogP contribution in [0, 0.1) is 29.6 Å². The summed E-state index contributed by atoms with van der Waals surface area (Å²) in [6.45, 7) is 2.32. The van der Waals surface area contributed by atoms with Crippen LogP contribution in [0.4, 0.5) is 0 Å². The van der Waals surface area contributed by atoms with Crippen molar-refractivity contribution in [1.82, 2.24) is 5.32 Å². The smallest absolute Gasteiger partial charge is 0.00979 e. The average Bonchev–Trinajstić information content (AvgIpc) is 2.65. The summed E-state index contributed by atoms with van der Waals surface area (Å²) in [5.74, 6) is 5.66. The van der Waals surface area contributed by atoms with Gasteiger partial charge in [-0.3, -0.25) is 0 Å². The van der Waals surface area contributed by atoms with Gasteiger partial charge < -0.3 is 5.32 Å². The SMILES string of the molecule is CCCC(NC)C1C2C3CCC(C3)C21. The topological polar surface area (TPSA) is 12.0 Å². The molecule has 0 aromatic carbocycles. The minimum absolute atomic E-state index is 0.846. The second kappa shape index (κ2) is 3.23. The van der Waals surface area contributed by atoms with Gasteiger partial charge >= 0.3 is 0 Å². The zero-order valence-electron chi connectivity index (χ0n) is 9.50. The van der Waals surface area contributed by atoms with E-state index in [1.165, 1.54) is 12.8 Å². The van der Waals surface area contributed by atoms with E-state index in [1.54, 1.807) is 19.3 Å². The van der Waals surface area contributed by atoms with Crippen molar-refractivity contribution >= 4 is 0 Å². The fourth-order valence-corrected chi connectivity index (χ4v) is 4.77. The zero-order chi connectivity index (χ0) is 9.71. The van der Waals surface area contributed by atoms with E-state index < -0.39 is 0 Å². The van der Waals surface area contributed by atoms with Crippen LogP contribution in [0.5, 0.6) is 0 Å². The van der Waals surface area contributed by atoms with Crippen LogP contribution >= 0.6 is 0 Å². The lowest BCUT2D eigenvalue weighted by molar-refractivity contribution is 0.362. The highest BCUT2D eigenvalue weighted by atomic mass is 14.9. The molecule has 0 aromatic rings. The second-order valence-electron chi connectivity index (χ2n) is 5.75. The number of hydrogen-bond donors (Lipinski definition) is 1. The van der Waals surface area contributed by atoms with Gasteiger partial charge in [-0.15, -0.1) is 0 Å². The van der Waals surface area contributed by atoms with E-state index in [2.05, 4.69) is 19.3 Å². The Morgan fingerprint density at radius 3 is 2.36 bits per heavy atom. The van der Waals surface area contributed by atoms with Gasteiger partial charge in [-0.05, 0) is 62.3 Å². The molecule has 0 saturated heterocycles. The lowest BCUT2D eigenvalue weighted by atomic mass is 9.95. The van der Waals surface area contributed by atoms with Gasteiger partial charge in [0.2, 0.25) is 0 Å². The molecule has 3 aliphatic rings. The molecular weight excluding hydrogens is 170 g/mol. The molecule has 1 heteroatoms. The summed E-state index contributed by atoms with van der Waals surface area (Å²) in [6, 6.07) is 0.846. The van der Waals surface area contributed by atoms with E-state index >= 15 is 0 Å². The third kappa shape index (κ3) is 1.11. The van der Waals surface area contributed by atoms with Gasteiger partial charge in [-0.1, -0.05) is 13.3 Å². The molecule has 0 radical (unpaired) electrons.